The second kappa shape index (κ2) is 7.40. The van der Waals surface area contributed by atoms with Crippen LogP contribution in [0.15, 0.2) is 60.7 Å². The molecule has 2 nitrogen and oxygen atoms in total. The number of allylic oxidation sites excluding steroid dienone is 2. The Bertz CT molecular complexity index is 857. The second-order valence-electron chi connectivity index (χ2n) is 6.69. The smallest absolute Gasteiger partial charge is 0.127 e. The van der Waals surface area contributed by atoms with E-state index in [0.717, 1.165) is 29.7 Å². The lowest BCUT2D eigenvalue weighted by Gasteiger charge is -2.32. The molecule has 1 aliphatic rings. The number of benzene rings is 2. The van der Waals surface area contributed by atoms with Crippen LogP contribution in [0.3, 0.4) is 0 Å². The molecule has 0 N–H and O–H groups in total. The largest absolute Gasteiger partial charge is 0.485 e. The maximum absolute atomic E-state index is 8.85. The molecule has 0 radical (unpaired) electrons. The Morgan fingerprint density at radius 3 is 2.84 bits per heavy atom. The van der Waals surface area contributed by atoms with Crippen molar-refractivity contribution in [1.82, 2.24) is 0 Å². The third-order valence-electron chi connectivity index (χ3n) is 4.94. The molecule has 0 fully saturated rings. The number of fused-ring (bicyclic) bond motifs is 1. The maximum Gasteiger partial charge on any atom is 0.127 e. The van der Waals surface area contributed by atoms with Crippen LogP contribution in [0.1, 0.15) is 41.7 Å². The number of rotatable bonds is 4. The number of nitrogens with zero attached hydrogens (tertiary/aromatic N) is 1. The molecule has 1 aliphatic carbocycles. The van der Waals surface area contributed by atoms with E-state index in [4.69, 9.17) is 10.00 Å². The predicted octanol–water partition coefficient (Wildman–Crippen LogP) is 5.79. The molecule has 2 heteroatoms. The first kappa shape index (κ1) is 17.0. The third-order valence-corrected chi connectivity index (χ3v) is 4.94. The Balaban J connectivity index is 1.90. The summed E-state index contributed by atoms with van der Waals surface area (Å²) >= 11 is 0. The van der Waals surface area contributed by atoms with Crippen LogP contribution >= 0.6 is 0 Å². The van der Waals surface area contributed by atoms with Gasteiger partial charge in [0.15, 0.2) is 0 Å². The fourth-order valence-corrected chi connectivity index (χ4v) is 3.36. The van der Waals surface area contributed by atoms with Gasteiger partial charge in [0, 0.05) is 5.57 Å². The van der Waals surface area contributed by atoms with Crippen LogP contribution in [0.4, 0.5) is 0 Å². The van der Waals surface area contributed by atoms with Gasteiger partial charge in [-0.25, -0.2) is 0 Å². The lowest BCUT2D eigenvalue weighted by atomic mass is 9.82. The number of aryl methyl sites for hydroxylation is 1. The zero-order valence-corrected chi connectivity index (χ0v) is 14.8. The monoisotopic (exact) mass is 329 g/mol. The molecule has 126 valence electrons. The molecule has 0 heterocycles. The Kier molecular flexibility index (Phi) is 5.05. The van der Waals surface area contributed by atoms with E-state index in [1.54, 1.807) is 6.08 Å². The molecular weight excluding hydrogens is 306 g/mol. The van der Waals surface area contributed by atoms with Crippen LogP contribution in [0.25, 0.3) is 6.08 Å². The van der Waals surface area contributed by atoms with Gasteiger partial charge in [-0.15, -0.1) is 0 Å². The van der Waals surface area contributed by atoms with Crippen molar-refractivity contribution in [3.63, 3.8) is 0 Å². The summed E-state index contributed by atoms with van der Waals surface area (Å²) in [7, 11) is 0. The summed E-state index contributed by atoms with van der Waals surface area (Å²) in [6, 6.07) is 16.7. The lowest BCUT2D eigenvalue weighted by Crippen LogP contribution is -2.23. The van der Waals surface area contributed by atoms with E-state index in [9.17, 15) is 0 Å². The Morgan fingerprint density at radius 1 is 1.24 bits per heavy atom. The first-order valence-corrected chi connectivity index (χ1v) is 8.71. The molecule has 0 saturated heterocycles. The highest BCUT2D eigenvalue weighted by molar-refractivity contribution is 5.60. The van der Waals surface area contributed by atoms with Crippen LogP contribution < -0.4 is 4.74 Å². The van der Waals surface area contributed by atoms with Crippen molar-refractivity contribution in [2.45, 2.75) is 32.8 Å². The molecule has 2 atom stereocenters. The molecule has 0 saturated carbocycles. The number of hydrogen-bond acceptors (Lipinski definition) is 2. The molecule has 0 aliphatic heterocycles. The fraction of sp³-hybridized carbons (Fsp3) is 0.261. The van der Waals surface area contributed by atoms with Gasteiger partial charge < -0.3 is 4.74 Å². The Hall–Kier alpha value is -2.79. The van der Waals surface area contributed by atoms with E-state index in [0.29, 0.717) is 11.5 Å². The van der Waals surface area contributed by atoms with Gasteiger partial charge in [-0.2, -0.15) is 5.26 Å². The van der Waals surface area contributed by atoms with Crippen molar-refractivity contribution in [2.24, 2.45) is 5.92 Å². The van der Waals surface area contributed by atoms with E-state index in [2.05, 4.69) is 44.7 Å². The minimum Gasteiger partial charge on any atom is -0.485 e. The van der Waals surface area contributed by atoms with Gasteiger partial charge in [-0.05, 0) is 60.1 Å². The van der Waals surface area contributed by atoms with Crippen molar-refractivity contribution >= 4 is 6.08 Å². The predicted molar refractivity (Wildman–Crippen MR) is 102 cm³/mol. The number of nitriles is 1. The summed E-state index contributed by atoms with van der Waals surface area (Å²) < 4.78 is 6.48. The van der Waals surface area contributed by atoms with Crippen molar-refractivity contribution < 1.29 is 4.74 Å². The lowest BCUT2D eigenvalue weighted by molar-refractivity contribution is 0.128. The standard InChI is InChI=1S/C23H23NO/c1-16(15-24)11-13-19-8-6-10-22(18(19)3)25-23-17(2)12-14-20-7-4-5-9-21(20)23/h4-11,13,17,23H,1,12,14H2,2-3H3/b13-11-/t17?,23-/m1/s1. The molecule has 25 heavy (non-hydrogen) atoms. The van der Waals surface area contributed by atoms with Gasteiger partial charge in [-0.1, -0.05) is 56.0 Å². The van der Waals surface area contributed by atoms with E-state index in [1.165, 1.54) is 11.1 Å². The summed E-state index contributed by atoms with van der Waals surface area (Å²) in [5, 5.41) is 8.85. The first-order chi connectivity index (χ1) is 12.1. The highest BCUT2D eigenvalue weighted by Crippen LogP contribution is 2.38. The molecule has 3 rings (SSSR count). The summed E-state index contributed by atoms with van der Waals surface area (Å²) in [5.74, 6) is 1.38. The van der Waals surface area contributed by atoms with Crippen LogP contribution in [-0.2, 0) is 6.42 Å². The van der Waals surface area contributed by atoms with Crippen molar-refractivity contribution in [3.8, 4) is 11.8 Å². The molecule has 2 aromatic rings. The molecule has 0 spiro atoms. The summed E-state index contributed by atoms with van der Waals surface area (Å²) in [4.78, 5) is 0. The zero-order valence-electron chi connectivity index (χ0n) is 14.8. The molecule has 0 amide bonds. The Morgan fingerprint density at radius 2 is 2.04 bits per heavy atom. The number of ether oxygens (including phenoxy) is 1. The first-order valence-electron chi connectivity index (χ1n) is 8.71. The summed E-state index contributed by atoms with van der Waals surface area (Å²) in [6.45, 7) is 8.01. The average molecular weight is 329 g/mol. The highest BCUT2D eigenvalue weighted by atomic mass is 16.5. The SMILES string of the molecule is C=C(C#N)/C=C\c1cccc(O[C@H]2c3ccccc3CCC2C)c1C. The second-order valence-corrected chi connectivity index (χ2v) is 6.69. The van der Waals surface area contributed by atoms with E-state index in [1.807, 2.05) is 30.3 Å². The Labute approximate surface area is 150 Å². The molecule has 0 bridgehead atoms. The van der Waals surface area contributed by atoms with Crippen LogP contribution in [0.2, 0.25) is 0 Å². The van der Waals surface area contributed by atoms with Gasteiger partial charge in [0.1, 0.15) is 11.9 Å². The van der Waals surface area contributed by atoms with Crippen molar-refractivity contribution in [3.05, 3.63) is 82.9 Å². The van der Waals surface area contributed by atoms with E-state index in [-0.39, 0.29) is 6.10 Å². The summed E-state index contributed by atoms with van der Waals surface area (Å²) in [6.07, 6.45) is 6.01. The van der Waals surface area contributed by atoms with Gasteiger partial charge in [0.05, 0.1) is 6.07 Å². The van der Waals surface area contributed by atoms with Crippen LogP contribution in [0.5, 0.6) is 5.75 Å². The van der Waals surface area contributed by atoms with Gasteiger partial charge in [0.2, 0.25) is 0 Å². The van der Waals surface area contributed by atoms with Gasteiger partial charge >= 0.3 is 0 Å². The minimum atomic E-state index is 0.0805. The average Bonchev–Trinajstić information content (AvgIpc) is 2.64. The minimum absolute atomic E-state index is 0.0805. The van der Waals surface area contributed by atoms with Crippen molar-refractivity contribution in [2.75, 3.05) is 0 Å². The van der Waals surface area contributed by atoms with Crippen LogP contribution in [-0.4, -0.2) is 0 Å². The van der Waals surface area contributed by atoms with E-state index >= 15 is 0 Å². The molecule has 1 unspecified atom stereocenters. The molecular formula is C23H23NO. The van der Waals surface area contributed by atoms with Gasteiger partial charge in [0.25, 0.3) is 0 Å². The quantitative estimate of drug-likeness (QED) is 0.525. The van der Waals surface area contributed by atoms with Gasteiger partial charge in [-0.3, -0.25) is 0 Å². The number of hydrogen-bond donors (Lipinski definition) is 0. The van der Waals surface area contributed by atoms with E-state index < -0.39 is 0 Å². The highest BCUT2D eigenvalue weighted by Gasteiger charge is 2.28. The third kappa shape index (κ3) is 3.67. The van der Waals surface area contributed by atoms with Crippen LogP contribution in [0, 0.1) is 24.2 Å². The fourth-order valence-electron chi connectivity index (χ4n) is 3.36. The van der Waals surface area contributed by atoms with Crippen molar-refractivity contribution in [1.29, 1.82) is 5.26 Å². The maximum atomic E-state index is 8.85. The molecule has 2 aromatic carbocycles. The summed E-state index contributed by atoms with van der Waals surface area (Å²) in [5.41, 5.74) is 5.27. The zero-order chi connectivity index (χ0) is 17.8. The normalized spacial score (nSPS) is 19.2. The molecule has 0 aromatic heterocycles. The topological polar surface area (TPSA) is 33.0 Å².